The lowest BCUT2D eigenvalue weighted by Gasteiger charge is -2.31. The van der Waals surface area contributed by atoms with Crippen molar-refractivity contribution in [1.82, 2.24) is 4.90 Å². The predicted octanol–water partition coefficient (Wildman–Crippen LogP) is 1.62. The van der Waals surface area contributed by atoms with Gasteiger partial charge in [-0.25, -0.2) is 4.79 Å². The predicted molar refractivity (Wildman–Crippen MR) is 80.1 cm³/mol. The number of rotatable bonds is 7. The van der Waals surface area contributed by atoms with Gasteiger partial charge in [0.15, 0.2) is 0 Å². The van der Waals surface area contributed by atoms with E-state index in [-0.39, 0.29) is 5.97 Å². The third-order valence-electron chi connectivity index (χ3n) is 4.03. The third kappa shape index (κ3) is 6.16. The highest BCUT2D eigenvalue weighted by molar-refractivity contribution is 5.81. The number of carbonyl (C=O) groups is 1. The van der Waals surface area contributed by atoms with Crippen LogP contribution in [0, 0.1) is 5.92 Å². The highest BCUT2D eigenvalue weighted by atomic mass is 16.5. The van der Waals surface area contributed by atoms with E-state index in [9.17, 15) is 4.79 Å². The molecule has 0 aromatic heterocycles. The fourth-order valence-corrected chi connectivity index (χ4v) is 2.73. The molecule has 0 spiro atoms. The smallest absolute Gasteiger partial charge is 0.330 e. The molecule has 2 rings (SSSR count). The second kappa shape index (κ2) is 9.18. The molecule has 1 atom stereocenters. The molecule has 2 aliphatic heterocycles. The minimum absolute atomic E-state index is 0.255. The van der Waals surface area contributed by atoms with Gasteiger partial charge < -0.3 is 14.2 Å². The van der Waals surface area contributed by atoms with E-state index in [4.69, 9.17) is 14.2 Å². The molecule has 2 aliphatic rings. The Bertz CT molecular complexity index is 331. The number of hydrogen-bond acceptors (Lipinski definition) is 5. The first-order valence-corrected chi connectivity index (χ1v) is 8.03. The quantitative estimate of drug-likeness (QED) is 0.528. The molecular formula is C16H27NO4. The first kappa shape index (κ1) is 16.5. The Morgan fingerprint density at radius 1 is 1.33 bits per heavy atom. The Morgan fingerprint density at radius 2 is 2.14 bits per heavy atom. The summed E-state index contributed by atoms with van der Waals surface area (Å²) < 4.78 is 16.2. The van der Waals surface area contributed by atoms with Crippen molar-refractivity contribution in [3.63, 3.8) is 0 Å². The van der Waals surface area contributed by atoms with Crippen LogP contribution in [0.15, 0.2) is 12.2 Å². The molecule has 2 fully saturated rings. The zero-order valence-electron chi connectivity index (χ0n) is 13.0. The molecule has 0 amide bonds. The SMILES string of the molecule is CCOC(=O)/C=C/CN1CCC(OCC2CCOC2)CC1. The minimum Gasteiger partial charge on any atom is -0.463 e. The van der Waals surface area contributed by atoms with E-state index in [2.05, 4.69) is 4.90 Å². The Balaban J connectivity index is 1.56. The summed E-state index contributed by atoms with van der Waals surface area (Å²) in [4.78, 5) is 13.5. The number of hydrogen-bond donors (Lipinski definition) is 0. The van der Waals surface area contributed by atoms with Crippen molar-refractivity contribution in [1.29, 1.82) is 0 Å². The summed E-state index contributed by atoms with van der Waals surface area (Å²) in [6.07, 6.45) is 7.07. The summed E-state index contributed by atoms with van der Waals surface area (Å²) in [7, 11) is 0. The van der Waals surface area contributed by atoms with Gasteiger partial charge in [-0.2, -0.15) is 0 Å². The average molecular weight is 297 g/mol. The van der Waals surface area contributed by atoms with Crippen molar-refractivity contribution in [2.75, 3.05) is 46.1 Å². The molecule has 0 N–H and O–H groups in total. The standard InChI is InChI=1S/C16H27NO4/c1-2-20-16(18)4-3-8-17-9-5-15(6-10-17)21-13-14-7-11-19-12-14/h3-4,14-15H,2,5-13H2,1H3/b4-3+. The van der Waals surface area contributed by atoms with Crippen LogP contribution in [0.2, 0.25) is 0 Å². The Kier molecular flexibility index (Phi) is 7.19. The third-order valence-corrected chi connectivity index (χ3v) is 4.03. The number of ether oxygens (including phenoxy) is 3. The molecule has 0 aliphatic carbocycles. The Hall–Kier alpha value is -0.910. The van der Waals surface area contributed by atoms with E-state index in [1.807, 2.05) is 13.0 Å². The molecule has 5 heteroatoms. The first-order valence-electron chi connectivity index (χ1n) is 8.03. The van der Waals surface area contributed by atoms with E-state index in [0.29, 0.717) is 18.6 Å². The molecule has 0 radical (unpaired) electrons. The summed E-state index contributed by atoms with van der Waals surface area (Å²) in [6.45, 7) is 7.69. The minimum atomic E-state index is -0.255. The van der Waals surface area contributed by atoms with Gasteiger partial charge in [-0.3, -0.25) is 4.90 Å². The van der Waals surface area contributed by atoms with Crippen molar-refractivity contribution < 1.29 is 19.0 Å². The summed E-state index contributed by atoms with van der Waals surface area (Å²) >= 11 is 0. The Labute approximate surface area is 127 Å². The summed E-state index contributed by atoms with van der Waals surface area (Å²) in [6, 6.07) is 0. The maximum Gasteiger partial charge on any atom is 0.330 e. The summed E-state index contributed by atoms with van der Waals surface area (Å²) in [5.41, 5.74) is 0. The molecule has 0 saturated carbocycles. The molecule has 21 heavy (non-hydrogen) atoms. The van der Waals surface area contributed by atoms with E-state index >= 15 is 0 Å². The lowest BCUT2D eigenvalue weighted by Crippen LogP contribution is -2.37. The Morgan fingerprint density at radius 3 is 2.81 bits per heavy atom. The maximum absolute atomic E-state index is 11.2. The van der Waals surface area contributed by atoms with Crippen molar-refractivity contribution in [2.45, 2.75) is 32.3 Å². The molecule has 0 aromatic rings. The van der Waals surface area contributed by atoms with Crippen LogP contribution in [-0.2, 0) is 19.0 Å². The molecule has 1 unspecified atom stereocenters. The second-order valence-corrected chi connectivity index (χ2v) is 5.72. The van der Waals surface area contributed by atoms with Gasteiger partial charge in [0.25, 0.3) is 0 Å². The zero-order valence-corrected chi connectivity index (χ0v) is 13.0. The number of nitrogens with zero attached hydrogens (tertiary/aromatic N) is 1. The van der Waals surface area contributed by atoms with Crippen molar-refractivity contribution in [3.8, 4) is 0 Å². The van der Waals surface area contributed by atoms with Gasteiger partial charge in [-0.1, -0.05) is 6.08 Å². The zero-order chi connectivity index (χ0) is 14.9. The molecular weight excluding hydrogens is 270 g/mol. The monoisotopic (exact) mass is 297 g/mol. The number of likely N-dealkylation sites (tertiary alicyclic amines) is 1. The lowest BCUT2D eigenvalue weighted by molar-refractivity contribution is -0.137. The summed E-state index contributed by atoms with van der Waals surface area (Å²) in [5.74, 6) is 0.338. The van der Waals surface area contributed by atoms with Gasteiger partial charge >= 0.3 is 5.97 Å². The second-order valence-electron chi connectivity index (χ2n) is 5.72. The van der Waals surface area contributed by atoms with Crippen LogP contribution in [0.5, 0.6) is 0 Å². The molecule has 0 aromatic carbocycles. The van der Waals surface area contributed by atoms with Crippen LogP contribution < -0.4 is 0 Å². The van der Waals surface area contributed by atoms with Crippen LogP contribution in [0.4, 0.5) is 0 Å². The number of carbonyl (C=O) groups excluding carboxylic acids is 1. The molecule has 2 heterocycles. The largest absolute Gasteiger partial charge is 0.463 e. The highest BCUT2D eigenvalue weighted by Gasteiger charge is 2.22. The van der Waals surface area contributed by atoms with Gasteiger partial charge in [0, 0.05) is 38.2 Å². The van der Waals surface area contributed by atoms with Gasteiger partial charge in [0.05, 0.1) is 25.9 Å². The highest BCUT2D eigenvalue weighted by Crippen LogP contribution is 2.18. The van der Waals surface area contributed by atoms with Crippen molar-refractivity contribution in [3.05, 3.63) is 12.2 Å². The van der Waals surface area contributed by atoms with E-state index < -0.39 is 0 Å². The number of piperidine rings is 1. The van der Waals surface area contributed by atoms with Crippen molar-refractivity contribution >= 4 is 5.97 Å². The fourth-order valence-electron chi connectivity index (χ4n) is 2.73. The van der Waals surface area contributed by atoms with E-state index in [0.717, 1.165) is 58.7 Å². The normalized spacial score (nSPS) is 24.7. The van der Waals surface area contributed by atoms with Crippen LogP contribution in [0.3, 0.4) is 0 Å². The van der Waals surface area contributed by atoms with Crippen LogP contribution in [0.1, 0.15) is 26.2 Å². The molecule has 120 valence electrons. The molecule has 2 saturated heterocycles. The maximum atomic E-state index is 11.2. The fraction of sp³-hybridized carbons (Fsp3) is 0.812. The number of esters is 1. The molecule has 5 nitrogen and oxygen atoms in total. The van der Waals surface area contributed by atoms with Crippen LogP contribution in [-0.4, -0.2) is 63.0 Å². The lowest BCUT2D eigenvalue weighted by atomic mass is 10.1. The molecule has 0 bridgehead atoms. The first-order chi connectivity index (χ1) is 10.3. The van der Waals surface area contributed by atoms with E-state index in [1.165, 1.54) is 6.08 Å². The van der Waals surface area contributed by atoms with Crippen LogP contribution in [0.25, 0.3) is 0 Å². The van der Waals surface area contributed by atoms with Gasteiger partial charge in [-0.05, 0) is 26.2 Å². The van der Waals surface area contributed by atoms with E-state index in [1.54, 1.807) is 0 Å². The average Bonchev–Trinajstić information content (AvgIpc) is 3.00. The van der Waals surface area contributed by atoms with Gasteiger partial charge in [-0.15, -0.1) is 0 Å². The van der Waals surface area contributed by atoms with Crippen molar-refractivity contribution in [2.24, 2.45) is 5.92 Å². The summed E-state index contributed by atoms with van der Waals surface area (Å²) in [5, 5.41) is 0. The van der Waals surface area contributed by atoms with Gasteiger partial charge in [0.1, 0.15) is 0 Å². The van der Waals surface area contributed by atoms with Crippen LogP contribution >= 0.6 is 0 Å². The van der Waals surface area contributed by atoms with Gasteiger partial charge in [0.2, 0.25) is 0 Å². The topological polar surface area (TPSA) is 48.0 Å².